The van der Waals surface area contributed by atoms with Gasteiger partial charge in [-0.15, -0.1) is 0 Å². The molecule has 1 amide bonds. The van der Waals surface area contributed by atoms with Crippen LogP contribution in [0.3, 0.4) is 0 Å². The van der Waals surface area contributed by atoms with Crippen LogP contribution in [0.15, 0.2) is 12.4 Å². The maximum absolute atomic E-state index is 11.5. The molecular weight excluding hydrogens is 400 g/mol. The second-order valence-corrected chi connectivity index (χ2v) is 8.46. The third-order valence-corrected chi connectivity index (χ3v) is 6.43. The predicted octanol–water partition coefficient (Wildman–Crippen LogP) is 0.857. The van der Waals surface area contributed by atoms with E-state index >= 15 is 0 Å². The number of carboxylic acid groups (broad SMARTS) is 1. The van der Waals surface area contributed by atoms with Gasteiger partial charge in [0.25, 0.3) is 0 Å². The number of hydrogen-bond acceptors (Lipinski definition) is 9. The zero-order chi connectivity index (χ0) is 21.6. The van der Waals surface area contributed by atoms with Gasteiger partial charge in [0.1, 0.15) is 5.82 Å². The highest BCUT2D eigenvalue weighted by atomic mass is 16.5. The fraction of sp³-hybridized carbons (Fsp3) is 0.550. The zero-order valence-electron chi connectivity index (χ0n) is 17.5. The summed E-state index contributed by atoms with van der Waals surface area (Å²) in [5.41, 5.74) is 8.03. The molecule has 0 spiro atoms. The van der Waals surface area contributed by atoms with Gasteiger partial charge < -0.3 is 30.3 Å². The van der Waals surface area contributed by atoms with Crippen LogP contribution >= 0.6 is 0 Å². The van der Waals surface area contributed by atoms with E-state index in [1.165, 1.54) is 4.90 Å². The largest absolute Gasteiger partial charge is 0.465 e. The molecule has 0 bridgehead atoms. The number of anilines is 3. The maximum atomic E-state index is 11.5. The average Bonchev–Trinajstić information content (AvgIpc) is 3.39. The van der Waals surface area contributed by atoms with E-state index in [1.807, 2.05) is 0 Å². The number of likely N-dealkylation sites (tertiary alicyclic amines) is 1. The number of ether oxygens (including phenoxy) is 1. The van der Waals surface area contributed by atoms with Crippen LogP contribution < -0.4 is 15.5 Å². The number of morpholine rings is 1. The first-order chi connectivity index (χ1) is 14.9. The van der Waals surface area contributed by atoms with E-state index in [9.17, 15) is 9.90 Å². The number of amides is 1. The maximum Gasteiger partial charge on any atom is 0.407 e. The molecular formula is C20H26N8O3. The molecule has 2 fully saturated rings. The molecule has 164 valence electrons. The monoisotopic (exact) mass is 426 g/mol. The number of hydrogen-bond donors (Lipinski definition) is 2. The van der Waals surface area contributed by atoms with Crippen LogP contribution in [0.5, 0.6) is 0 Å². The molecule has 11 nitrogen and oxygen atoms in total. The summed E-state index contributed by atoms with van der Waals surface area (Å²) in [5.74, 6) is 1.74. The fourth-order valence-electron chi connectivity index (χ4n) is 4.70. The minimum Gasteiger partial charge on any atom is -0.465 e. The first-order valence-electron chi connectivity index (χ1n) is 10.5. The Bertz CT molecular complexity index is 995. The van der Waals surface area contributed by atoms with Gasteiger partial charge >= 0.3 is 6.09 Å². The van der Waals surface area contributed by atoms with Gasteiger partial charge in [-0.05, 0) is 19.8 Å². The SMILES string of the molecule is C[C@]1(N2CCc3c(-c4cnc(N)nc4)nc(N4CCOCC4)nc32)CCN(C(=O)O)C1. The Kier molecular flexibility index (Phi) is 4.77. The van der Waals surface area contributed by atoms with Crippen LogP contribution in [-0.4, -0.2) is 87.5 Å². The molecule has 11 heteroatoms. The number of rotatable bonds is 3. The number of nitrogens with two attached hydrogens (primary N) is 1. The summed E-state index contributed by atoms with van der Waals surface area (Å²) in [6, 6.07) is 0. The quantitative estimate of drug-likeness (QED) is 0.727. The van der Waals surface area contributed by atoms with Crippen LogP contribution in [0.4, 0.5) is 22.5 Å². The second-order valence-electron chi connectivity index (χ2n) is 8.46. The van der Waals surface area contributed by atoms with Crippen molar-refractivity contribution in [2.24, 2.45) is 0 Å². The molecule has 0 aromatic carbocycles. The Morgan fingerprint density at radius 1 is 1.16 bits per heavy atom. The van der Waals surface area contributed by atoms with E-state index in [1.54, 1.807) is 12.4 Å². The first kappa shape index (κ1) is 19.7. The smallest absolute Gasteiger partial charge is 0.407 e. The summed E-state index contributed by atoms with van der Waals surface area (Å²) in [5, 5.41) is 9.45. The third kappa shape index (κ3) is 3.48. The summed E-state index contributed by atoms with van der Waals surface area (Å²) in [6.45, 7) is 6.58. The Hall–Kier alpha value is -3.21. The van der Waals surface area contributed by atoms with Gasteiger partial charge in [-0.3, -0.25) is 0 Å². The molecule has 5 heterocycles. The predicted molar refractivity (Wildman–Crippen MR) is 114 cm³/mol. The first-order valence-corrected chi connectivity index (χ1v) is 10.5. The van der Waals surface area contributed by atoms with Crippen molar-refractivity contribution in [2.45, 2.75) is 25.3 Å². The molecule has 31 heavy (non-hydrogen) atoms. The van der Waals surface area contributed by atoms with E-state index in [-0.39, 0.29) is 11.5 Å². The number of nitrogen functional groups attached to an aromatic ring is 1. The summed E-state index contributed by atoms with van der Waals surface area (Å²) >= 11 is 0. The van der Waals surface area contributed by atoms with Crippen LogP contribution in [0, 0.1) is 0 Å². The van der Waals surface area contributed by atoms with Crippen molar-refractivity contribution in [1.82, 2.24) is 24.8 Å². The molecule has 2 aromatic heterocycles. The lowest BCUT2D eigenvalue weighted by molar-refractivity contribution is 0.122. The fourth-order valence-corrected chi connectivity index (χ4v) is 4.70. The van der Waals surface area contributed by atoms with Crippen molar-refractivity contribution in [3.05, 3.63) is 18.0 Å². The van der Waals surface area contributed by atoms with E-state index < -0.39 is 6.09 Å². The summed E-state index contributed by atoms with van der Waals surface area (Å²) in [7, 11) is 0. The number of nitrogens with zero attached hydrogens (tertiary/aromatic N) is 7. The Labute approximate surface area is 179 Å². The molecule has 0 unspecified atom stereocenters. The highest BCUT2D eigenvalue weighted by Crippen LogP contribution is 2.41. The van der Waals surface area contributed by atoms with Crippen LogP contribution in [0.1, 0.15) is 18.9 Å². The molecule has 0 aliphatic carbocycles. The van der Waals surface area contributed by atoms with Gasteiger partial charge in [0.05, 0.1) is 24.4 Å². The average molecular weight is 426 g/mol. The van der Waals surface area contributed by atoms with Crippen molar-refractivity contribution in [1.29, 1.82) is 0 Å². The normalized spacial score (nSPS) is 23.3. The van der Waals surface area contributed by atoms with Crippen molar-refractivity contribution in [3.63, 3.8) is 0 Å². The van der Waals surface area contributed by atoms with Gasteiger partial charge in [-0.25, -0.2) is 19.7 Å². The molecule has 0 saturated carbocycles. The number of fused-ring (bicyclic) bond motifs is 1. The highest BCUT2D eigenvalue weighted by molar-refractivity contribution is 5.73. The Balaban J connectivity index is 1.58. The number of aromatic nitrogens is 4. The number of carbonyl (C=O) groups is 1. The summed E-state index contributed by atoms with van der Waals surface area (Å²) in [4.78, 5) is 35.6. The lowest BCUT2D eigenvalue weighted by atomic mass is 9.99. The lowest BCUT2D eigenvalue weighted by Crippen LogP contribution is -2.48. The van der Waals surface area contributed by atoms with Crippen molar-refractivity contribution in [3.8, 4) is 11.3 Å². The van der Waals surface area contributed by atoms with Crippen molar-refractivity contribution >= 4 is 23.8 Å². The lowest BCUT2D eigenvalue weighted by Gasteiger charge is -2.37. The standard InChI is InChI=1S/C20H26N8O3/c1-20(3-5-27(12-20)19(29)30)28-4-2-14-15(13-10-22-17(21)23-11-13)24-18(25-16(14)28)26-6-8-31-9-7-26/h10-11H,2-9,12H2,1H3,(H,29,30)(H2,21,22,23)/t20-/m0/s1. The van der Waals surface area contributed by atoms with E-state index in [2.05, 4.69) is 26.7 Å². The molecule has 2 saturated heterocycles. The Morgan fingerprint density at radius 2 is 1.90 bits per heavy atom. The molecule has 0 radical (unpaired) electrons. The van der Waals surface area contributed by atoms with Gasteiger partial charge in [-0.1, -0.05) is 0 Å². The zero-order valence-corrected chi connectivity index (χ0v) is 17.5. The van der Waals surface area contributed by atoms with E-state index in [4.69, 9.17) is 20.4 Å². The molecule has 3 N–H and O–H groups in total. The molecule has 3 aliphatic heterocycles. The van der Waals surface area contributed by atoms with Crippen LogP contribution in [0.25, 0.3) is 11.3 Å². The molecule has 1 atom stereocenters. The van der Waals surface area contributed by atoms with E-state index in [0.717, 1.165) is 55.1 Å². The molecule has 2 aromatic rings. The topological polar surface area (TPSA) is 134 Å². The molecule has 3 aliphatic rings. The van der Waals surface area contributed by atoms with Crippen LogP contribution in [0.2, 0.25) is 0 Å². The Morgan fingerprint density at radius 3 is 2.58 bits per heavy atom. The minimum absolute atomic E-state index is 0.219. The van der Waals surface area contributed by atoms with Gasteiger partial charge in [0.2, 0.25) is 11.9 Å². The van der Waals surface area contributed by atoms with Gasteiger partial charge in [0.15, 0.2) is 0 Å². The second kappa shape index (κ2) is 7.49. The van der Waals surface area contributed by atoms with Crippen LogP contribution in [-0.2, 0) is 11.2 Å². The third-order valence-electron chi connectivity index (χ3n) is 6.43. The van der Waals surface area contributed by atoms with Gasteiger partial charge in [0, 0.05) is 56.2 Å². The highest BCUT2D eigenvalue weighted by Gasteiger charge is 2.44. The van der Waals surface area contributed by atoms with E-state index in [0.29, 0.717) is 32.3 Å². The minimum atomic E-state index is -0.875. The molecule has 5 rings (SSSR count). The summed E-state index contributed by atoms with van der Waals surface area (Å²) < 4.78 is 5.49. The van der Waals surface area contributed by atoms with Crippen molar-refractivity contribution < 1.29 is 14.6 Å². The van der Waals surface area contributed by atoms with Crippen molar-refractivity contribution in [2.75, 3.05) is 61.5 Å². The van der Waals surface area contributed by atoms with Gasteiger partial charge in [-0.2, -0.15) is 4.98 Å². The summed E-state index contributed by atoms with van der Waals surface area (Å²) in [6.07, 6.45) is 4.05.